The molecule has 0 radical (unpaired) electrons. The zero-order valence-electron chi connectivity index (χ0n) is 14.9. The molecule has 5 nitrogen and oxygen atoms in total. The largest absolute Gasteiger partial charge is 0.328 e. The smallest absolute Gasteiger partial charge is 0.252 e. The first-order chi connectivity index (χ1) is 12.2. The molecule has 0 bridgehead atoms. The fourth-order valence-electron chi connectivity index (χ4n) is 2.54. The lowest BCUT2D eigenvalue weighted by Gasteiger charge is -2.17. The van der Waals surface area contributed by atoms with Crippen molar-refractivity contribution in [2.24, 2.45) is 5.41 Å². The van der Waals surface area contributed by atoms with Crippen LogP contribution < -0.4 is 5.56 Å². The van der Waals surface area contributed by atoms with Crippen LogP contribution in [0.4, 0.5) is 0 Å². The summed E-state index contributed by atoms with van der Waals surface area (Å²) in [6, 6.07) is 8.95. The minimum atomic E-state index is -0.546. The van der Waals surface area contributed by atoms with Gasteiger partial charge < -0.3 is 4.98 Å². The van der Waals surface area contributed by atoms with E-state index in [0.717, 1.165) is 26.9 Å². The fraction of sp³-hybridized carbons (Fsp3) is 0.316. The number of pyridine rings is 1. The molecule has 3 aromatic heterocycles. The van der Waals surface area contributed by atoms with E-state index < -0.39 is 5.41 Å². The predicted molar refractivity (Wildman–Crippen MR) is 105 cm³/mol. The lowest BCUT2D eigenvalue weighted by molar-refractivity contribution is 0.0745. The van der Waals surface area contributed by atoms with Gasteiger partial charge in [-0.1, -0.05) is 32.4 Å². The van der Waals surface area contributed by atoms with Crippen LogP contribution in [-0.2, 0) is 12.8 Å². The van der Waals surface area contributed by atoms with Gasteiger partial charge in [0.15, 0.2) is 0 Å². The van der Waals surface area contributed by atoms with Crippen molar-refractivity contribution >= 4 is 28.8 Å². The van der Waals surface area contributed by atoms with Crippen LogP contribution in [0.1, 0.15) is 36.1 Å². The second kappa shape index (κ2) is 7.21. The molecule has 136 valence electrons. The number of halogens is 1. The van der Waals surface area contributed by atoms with E-state index in [0.29, 0.717) is 12.1 Å². The summed E-state index contributed by atoms with van der Waals surface area (Å²) in [7, 11) is 0. The van der Waals surface area contributed by atoms with Gasteiger partial charge in [-0.25, -0.2) is 4.68 Å². The highest BCUT2D eigenvalue weighted by molar-refractivity contribution is 7.16. The number of H-pyrrole nitrogens is 1. The van der Waals surface area contributed by atoms with Crippen molar-refractivity contribution in [2.75, 3.05) is 0 Å². The van der Waals surface area contributed by atoms with E-state index in [1.807, 2.05) is 39.0 Å². The normalized spacial score (nSPS) is 11.7. The molecule has 0 unspecified atom stereocenters. The van der Waals surface area contributed by atoms with E-state index in [9.17, 15) is 9.59 Å². The van der Waals surface area contributed by atoms with Crippen molar-refractivity contribution in [3.63, 3.8) is 0 Å². The number of aromatic nitrogens is 3. The number of hydrogen-bond acceptors (Lipinski definition) is 4. The Balaban J connectivity index is 1.95. The van der Waals surface area contributed by atoms with E-state index in [1.165, 1.54) is 10.7 Å². The van der Waals surface area contributed by atoms with Crippen molar-refractivity contribution in [3.05, 3.63) is 61.8 Å². The van der Waals surface area contributed by atoms with E-state index >= 15 is 0 Å². The zero-order valence-corrected chi connectivity index (χ0v) is 16.4. The molecule has 3 rings (SSSR count). The molecule has 0 spiro atoms. The zero-order chi connectivity index (χ0) is 18.9. The van der Waals surface area contributed by atoms with E-state index in [2.05, 4.69) is 10.1 Å². The third-order valence-corrected chi connectivity index (χ3v) is 5.24. The molecular weight excluding hydrogens is 370 g/mol. The van der Waals surface area contributed by atoms with Gasteiger partial charge in [-0.3, -0.25) is 9.59 Å². The summed E-state index contributed by atoms with van der Waals surface area (Å²) < 4.78 is 2.25. The van der Waals surface area contributed by atoms with Crippen molar-refractivity contribution in [2.45, 2.75) is 33.6 Å². The second-order valence-corrected chi connectivity index (χ2v) is 8.93. The standard InChI is InChI=1S/C19H20ClN3O2S/c1-19(2,3)18(25)23-13(5-6-14-7-8-16(20)26-14)10-15(22-23)12-4-9-17(24)21-11-12/h4,7-11H,5-6H2,1-3H3,(H,21,24). The lowest BCUT2D eigenvalue weighted by atomic mass is 9.95. The number of nitrogens with zero attached hydrogens (tertiary/aromatic N) is 2. The SMILES string of the molecule is CC(C)(C)C(=O)n1nc(-c2ccc(=O)[nH]c2)cc1CCc1ccc(Cl)s1. The minimum Gasteiger partial charge on any atom is -0.328 e. The van der Waals surface area contributed by atoms with E-state index in [4.69, 9.17) is 11.6 Å². The molecule has 0 aromatic carbocycles. The molecule has 0 amide bonds. The summed E-state index contributed by atoms with van der Waals surface area (Å²) in [4.78, 5) is 27.9. The number of carbonyl (C=O) groups is 1. The number of hydrogen-bond donors (Lipinski definition) is 1. The summed E-state index contributed by atoms with van der Waals surface area (Å²) in [6.07, 6.45) is 3.07. The van der Waals surface area contributed by atoms with Crippen LogP contribution in [0.15, 0.2) is 41.3 Å². The minimum absolute atomic E-state index is 0.0626. The average Bonchev–Trinajstić information content (AvgIpc) is 3.18. The number of rotatable bonds is 4. The summed E-state index contributed by atoms with van der Waals surface area (Å²) in [5.41, 5.74) is 1.56. The summed E-state index contributed by atoms with van der Waals surface area (Å²) >= 11 is 7.54. The van der Waals surface area contributed by atoms with Gasteiger partial charge in [0, 0.05) is 33.8 Å². The van der Waals surface area contributed by atoms with Crippen LogP contribution in [0.3, 0.4) is 0 Å². The molecule has 0 aliphatic heterocycles. The van der Waals surface area contributed by atoms with Crippen LogP contribution in [-0.4, -0.2) is 20.7 Å². The highest BCUT2D eigenvalue weighted by Crippen LogP contribution is 2.26. The van der Waals surface area contributed by atoms with Gasteiger partial charge in [0.1, 0.15) is 0 Å². The predicted octanol–water partition coefficient (Wildman–Crippen LogP) is 4.42. The maximum absolute atomic E-state index is 12.8. The Kier molecular flexibility index (Phi) is 5.16. The van der Waals surface area contributed by atoms with Crippen molar-refractivity contribution in [1.82, 2.24) is 14.8 Å². The summed E-state index contributed by atoms with van der Waals surface area (Å²) in [5, 5.41) is 4.52. The Labute approximate surface area is 160 Å². The molecule has 0 saturated carbocycles. The molecule has 1 N–H and O–H groups in total. The lowest BCUT2D eigenvalue weighted by Crippen LogP contribution is -2.29. The van der Waals surface area contributed by atoms with Crippen LogP contribution in [0.2, 0.25) is 4.34 Å². The third-order valence-electron chi connectivity index (χ3n) is 3.95. The fourth-order valence-corrected chi connectivity index (χ4v) is 3.63. The Morgan fingerprint density at radius 1 is 1.23 bits per heavy atom. The monoisotopic (exact) mass is 389 g/mol. The Morgan fingerprint density at radius 2 is 2.00 bits per heavy atom. The van der Waals surface area contributed by atoms with Crippen LogP contribution in [0.5, 0.6) is 0 Å². The number of aryl methyl sites for hydroxylation is 2. The topological polar surface area (TPSA) is 67.8 Å². The summed E-state index contributed by atoms with van der Waals surface area (Å²) in [5.74, 6) is -0.0626. The van der Waals surface area contributed by atoms with Crippen molar-refractivity contribution < 1.29 is 4.79 Å². The first-order valence-electron chi connectivity index (χ1n) is 8.31. The third kappa shape index (κ3) is 4.14. The second-order valence-electron chi connectivity index (χ2n) is 7.14. The van der Waals surface area contributed by atoms with Gasteiger partial charge >= 0.3 is 0 Å². The molecular formula is C19H20ClN3O2S. The molecule has 26 heavy (non-hydrogen) atoms. The molecule has 7 heteroatoms. The van der Waals surface area contributed by atoms with Crippen LogP contribution in [0.25, 0.3) is 11.3 Å². The van der Waals surface area contributed by atoms with Gasteiger partial charge in [0.2, 0.25) is 5.56 Å². The number of aromatic amines is 1. The Bertz CT molecular complexity index is 974. The summed E-state index contributed by atoms with van der Waals surface area (Å²) in [6.45, 7) is 5.62. The maximum Gasteiger partial charge on any atom is 0.252 e. The molecule has 0 atom stereocenters. The van der Waals surface area contributed by atoms with Gasteiger partial charge in [-0.05, 0) is 37.1 Å². The van der Waals surface area contributed by atoms with Crippen molar-refractivity contribution in [1.29, 1.82) is 0 Å². The van der Waals surface area contributed by atoms with Gasteiger partial charge in [-0.15, -0.1) is 11.3 Å². The van der Waals surface area contributed by atoms with Crippen LogP contribution >= 0.6 is 22.9 Å². The molecule has 0 saturated heterocycles. The molecule has 3 heterocycles. The highest BCUT2D eigenvalue weighted by atomic mass is 35.5. The first kappa shape index (κ1) is 18.6. The number of nitrogens with one attached hydrogen (secondary N) is 1. The van der Waals surface area contributed by atoms with E-state index in [1.54, 1.807) is 23.6 Å². The van der Waals surface area contributed by atoms with Gasteiger partial charge in [-0.2, -0.15) is 5.10 Å². The van der Waals surface area contributed by atoms with Crippen LogP contribution in [0, 0.1) is 5.41 Å². The molecule has 3 aromatic rings. The maximum atomic E-state index is 12.8. The molecule has 0 aliphatic rings. The number of thiophene rings is 1. The molecule has 0 aliphatic carbocycles. The van der Waals surface area contributed by atoms with Gasteiger partial charge in [0.25, 0.3) is 5.91 Å². The molecule has 0 fully saturated rings. The van der Waals surface area contributed by atoms with Gasteiger partial charge in [0.05, 0.1) is 10.0 Å². The van der Waals surface area contributed by atoms with E-state index in [-0.39, 0.29) is 11.5 Å². The number of carbonyl (C=O) groups excluding carboxylic acids is 1. The Morgan fingerprint density at radius 3 is 2.58 bits per heavy atom. The quantitative estimate of drug-likeness (QED) is 0.717. The first-order valence-corrected chi connectivity index (χ1v) is 9.50. The Hall–Kier alpha value is -2.18. The average molecular weight is 390 g/mol. The highest BCUT2D eigenvalue weighted by Gasteiger charge is 2.26. The van der Waals surface area contributed by atoms with Crippen molar-refractivity contribution in [3.8, 4) is 11.3 Å².